The molecule has 35 heavy (non-hydrogen) atoms. The Balaban J connectivity index is 1.48. The predicted molar refractivity (Wildman–Crippen MR) is 150 cm³/mol. The molecule has 6 rings (SSSR count). The fourth-order valence-corrected chi connectivity index (χ4v) is 4.73. The number of hydrogen-bond acceptors (Lipinski definition) is 0. The topological polar surface area (TPSA) is 0 Å². The van der Waals surface area contributed by atoms with Gasteiger partial charge >= 0.3 is 0 Å². The van der Waals surface area contributed by atoms with Crippen LogP contribution >= 0.6 is 0 Å². The first-order chi connectivity index (χ1) is 17.2. The maximum atomic E-state index is 2.32. The van der Waals surface area contributed by atoms with Crippen molar-refractivity contribution in [2.24, 2.45) is 0 Å². The number of fused-ring (bicyclic) bond motifs is 1. The summed E-state index contributed by atoms with van der Waals surface area (Å²) in [4.78, 5) is 0. The summed E-state index contributed by atoms with van der Waals surface area (Å²) in [6, 6.07) is 50.5. The van der Waals surface area contributed by atoms with Crippen molar-refractivity contribution >= 4 is 10.8 Å². The smallest absolute Gasteiger partial charge is 0.0171 e. The molecule has 0 aliphatic carbocycles. The molecule has 0 nitrogen and oxygen atoms in total. The Morgan fingerprint density at radius 3 is 1.34 bits per heavy atom. The first kappa shape index (κ1) is 21.1. The van der Waals surface area contributed by atoms with Crippen LogP contribution in [-0.4, -0.2) is 0 Å². The van der Waals surface area contributed by atoms with Crippen LogP contribution in [0.4, 0.5) is 0 Å². The van der Waals surface area contributed by atoms with E-state index >= 15 is 0 Å². The zero-order chi connectivity index (χ0) is 23.6. The molecule has 0 unspecified atom stereocenters. The SMILES string of the molecule is Cc1ccc(-c2cc(-c3ccc(-c4ccccc4)cc3)cc(-c3ccc4ccccc4c3)c2)cc1. The lowest BCUT2D eigenvalue weighted by Gasteiger charge is -2.13. The monoisotopic (exact) mass is 446 g/mol. The van der Waals surface area contributed by atoms with Gasteiger partial charge in [0, 0.05) is 0 Å². The summed E-state index contributed by atoms with van der Waals surface area (Å²) in [6.07, 6.45) is 0. The van der Waals surface area contributed by atoms with E-state index in [0.717, 1.165) is 0 Å². The van der Waals surface area contributed by atoms with E-state index in [2.05, 4.69) is 146 Å². The van der Waals surface area contributed by atoms with Gasteiger partial charge in [0.05, 0.1) is 0 Å². The van der Waals surface area contributed by atoms with Crippen LogP contribution < -0.4 is 0 Å². The molecule has 0 radical (unpaired) electrons. The molecule has 0 amide bonds. The third-order valence-electron chi connectivity index (χ3n) is 6.73. The van der Waals surface area contributed by atoms with Gasteiger partial charge in [-0.1, -0.05) is 121 Å². The molecule has 6 aromatic carbocycles. The van der Waals surface area contributed by atoms with Crippen molar-refractivity contribution in [3.63, 3.8) is 0 Å². The van der Waals surface area contributed by atoms with E-state index in [4.69, 9.17) is 0 Å². The molecule has 0 fully saturated rings. The van der Waals surface area contributed by atoms with Crippen LogP contribution in [0.25, 0.3) is 55.3 Å². The minimum atomic E-state index is 1.22. The number of benzene rings is 6. The van der Waals surface area contributed by atoms with Gasteiger partial charge < -0.3 is 0 Å². The minimum Gasteiger partial charge on any atom is -0.0622 e. The number of hydrogen-bond donors (Lipinski definition) is 0. The van der Waals surface area contributed by atoms with Gasteiger partial charge in [-0.05, 0) is 86.5 Å². The summed E-state index contributed by atoms with van der Waals surface area (Å²) < 4.78 is 0. The van der Waals surface area contributed by atoms with Crippen molar-refractivity contribution in [2.75, 3.05) is 0 Å². The second-order valence-electron chi connectivity index (χ2n) is 9.17. The van der Waals surface area contributed by atoms with Crippen LogP contribution in [-0.2, 0) is 0 Å². The highest BCUT2D eigenvalue weighted by Gasteiger charge is 2.09. The molecule has 0 aliphatic heterocycles. The minimum absolute atomic E-state index is 1.22. The van der Waals surface area contributed by atoms with E-state index in [0.29, 0.717) is 0 Å². The van der Waals surface area contributed by atoms with Crippen LogP contribution in [0.5, 0.6) is 0 Å². The lowest BCUT2D eigenvalue weighted by atomic mass is 9.92. The zero-order valence-electron chi connectivity index (χ0n) is 19.8. The van der Waals surface area contributed by atoms with E-state index < -0.39 is 0 Å². The van der Waals surface area contributed by atoms with Gasteiger partial charge in [0.25, 0.3) is 0 Å². The van der Waals surface area contributed by atoms with Gasteiger partial charge in [0.15, 0.2) is 0 Å². The fraction of sp³-hybridized carbons (Fsp3) is 0.0286. The largest absolute Gasteiger partial charge is 0.0622 e. The zero-order valence-corrected chi connectivity index (χ0v) is 19.8. The van der Waals surface area contributed by atoms with Crippen molar-refractivity contribution < 1.29 is 0 Å². The highest BCUT2D eigenvalue weighted by atomic mass is 14.1. The van der Waals surface area contributed by atoms with Crippen molar-refractivity contribution in [1.29, 1.82) is 0 Å². The van der Waals surface area contributed by atoms with Gasteiger partial charge in [-0.3, -0.25) is 0 Å². The standard InChI is InChI=1S/C35H26/c1-25-11-13-29(14-12-25)33-22-34(30-17-15-28(16-18-30)26-7-3-2-4-8-26)24-35(23-33)32-20-19-27-9-5-6-10-31(27)21-32/h2-24H,1H3. The summed E-state index contributed by atoms with van der Waals surface area (Å²) in [6.45, 7) is 2.13. The first-order valence-electron chi connectivity index (χ1n) is 12.1. The molecule has 166 valence electrons. The Morgan fingerprint density at radius 1 is 0.286 bits per heavy atom. The lowest BCUT2D eigenvalue weighted by molar-refractivity contribution is 1.47. The van der Waals surface area contributed by atoms with E-state index in [1.165, 1.54) is 60.8 Å². The molecule has 0 saturated heterocycles. The molecule has 0 saturated carbocycles. The van der Waals surface area contributed by atoms with Crippen LogP contribution in [0.2, 0.25) is 0 Å². The predicted octanol–water partition coefficient (Wildman–Crippen LogP) is 9.82. The summed E-state index contributed by atoms with van der Waals surface area (Å²) >= 11 is 0. The Hall–Kier alpha value is -4.42. The Labute approximate surface area is 207 Å². The maximum absolute atomic E-state index is 2.32. The summed E-state index contributed by atoms with van der Waals surface area (Å²) in [7, 11) is 0. The Kier molecular flexibility index (Phi) is 5.48. The van der Waals surface area contributed by atoms with E-state index in [1.807, 2.05) is 0 Å². The molecular weight excluding hydrogens is 420 g/mol. The molecule has 0 spiro atoms. The van der Waals surface area contributed by atoms with Gasteiger partial charge in [-0.25, -0.2) is 0 Å². The number of aryl methyl sites for hydroxylation is 1. The average molecular weight is 447 g/mol. The normalized spacial score (nSPS) is 11.0. The third kappa shape index (κ3) is 4.39. The van der Waals surface area contributed by atoms with Crippen LogP contribution in [0.15, 0.2) is 140 Å². The van der Waals surface area contributed by atoms with Crippen molar-refractivity contribution in [1.82, 2.24) is 0 Å². The molecular formula is C35H26. The van der Waals surface area contributed by atoms with E-state index in [-0.39, 0.29) is 0 Å². The van der Waals surface area contributed by atoms with Gasteiger partial charge in [-0.2, -0.15) is 0 Å². The Morgan fingerprint density at radius 2 is 0.714 bits per heavy atom. The first-order valence-corrected chi connectivity index (χ1v) is 12.1. The molecule has 0 aromatic heterocycles. The third-order valence-corrected chi connectivity index (χ3v) is 6.73. The van der Waals surface area contributed by atoms with Gasteiger partial charge in [0.1, 0.15) is 0 Å². The average Bonchev–Trinajstić information content (AvgIpc) is 2.93. The Bertz CT molecular complexity index is 1610. The van der Waals surface area contributed by atoms with Gasteiger partial charge in [-0.15, -0.1) is 0 Å². The highest BCUT2D eigenvalue weighted by Crippen LogP contribution is 2.35. The van der Waals surface area contributed by atoms with Gasteiger partial charge in [0.2, 0.25) is 0 Å². The number of rotatable bonds is 4. The second kappa shape index (κ2) is 9.08. The molecule has 0 bridgehead atoms. The van der Waals surface area contributed by atoms with Crippen molar-refractivity contribution in [3.8, 4) is 44.5 Å². The molecule has 0 heterocycles. The van der Waals surface area contributed by atoms with Crippen LogP contribution in [0.3, 0.4) is 0 Å². The molecule has 0 atom stereocenters. The fourth-order valence-electron chi connectivity index (χ4n) is 4.73. The van der Waals surface area contributed by atoms with Crippen LogP contribution in [0, 0.1) is 6.92 Å². The lowest BCUT2D eigenvalue weighted by Crippen LogP contribution is -1.87. The van der Waals surface area contributed by atoms with E-state index in [9.17, 15) is 0 Å². The second-order valence-corrected chi connectivity index (χ2v) is 9.17. The van der Waals surface area contributed by atoms with E-state index in [1.54, 1.807) is 0 Å². The molecule has 0 aliphatic rings. The molecule has 0 heteroatoms. The summed E-state index contributed by atoms with van der Waals surface area (Å²) in [5.74, 6) is 0. The van der Waals surface area contributed by atoms with Crippen molar-refractivity contribution in [3.05, 3.63) is 145 Å². The van der Waals surface area contributed by atoms with Crippen molar-refractivity contribution in [2.45, 2.75) is 6.92 Å². The summed E-state index contributed by atoms with van der Waals surface area (Å²) in [5, 5.41) is 2.53. The maximum Gasteiger partial charge on any atom is -0.0171 e. The van der Waals surface area contributed by atoms with Crippen LogP contribution in [0.1, 0.15) is 5.56 Å². The molecule has 6 aromatic rings. The summed E-state index contributed by atoms with van der Waals surface area (Å²) in [5.41, 5.74) is 11.1. The highest BCUT2D eigenvalue weighted by molar-refractivity contribution is 5.89. The molecule has 0 N–H and O–H groups in total. The quantitative estimate of drug-likeness (QED) is 0.253.